The molecule has 0 saturated heterocycles. The summed E-state index contributed by atoms with van der Waals surface area (Å²) in [5, 5.41) is 15.7. The predicted molar refractivity (Wildman–Crippen MR) is 95.5 cm³/mol. The molecular weight excluding hydrogens is 340 g/mol. The molecule has 2 N–H and O–H groups in total. The Morgan fingerprint density at radius 1 is 1.32 bits per heavy atom. The fourth-order valence-corrected chi connectivity index (χ4v) is 3.43. The lowest BCUT2D eigenvalue weighted by molar-refractivity contribution is 0.0741. The number of fused-ring (bicyclic) bond motifs is 2. The summed E-state index contributed by atoms with van der Waals surface area (Å²) in [6.07, 6.45) is 0.216. The zero-order valence-corrected chi connectivity index (χ0v) is 14.6. The number of amides is 1. The van der Waals surface area contributed by atoms with Crippen molar-refractivity contribution in [2.75, 3.05) is 6.54 Å². The van der Waals surface area contributed by atoms with Crippen LogP contribution < -0.4 is 0 Å². The number of rotatable bonds is 2. The molecule has 0 fully saturated rings. The monoisotopic (exact) mass is 358 g/mol. The zero-order chi connectivity index (χ0) is 17.6. The molecule has 130 valence electrons. The van der Waals surface area contributed by atoms with Crippen LogP contribution in [0.15, 0.2) is 30.3 Å². The van der Waals surface area contributed by atoms with E-state index < -0.39 is 6.10 Å². The number of benzene rings is 1. The minimum atomic E-state index is -0.609. The maximum absolute atomic E-state index is 12.9. The summed E-state index contributed by atoms with van der Waals surface area (Å²) in [4.78, 5) is 17.9. The first kappa shape index (κ1) is 16.2. The number of aromatic nitrogens is 3. The van der Waals surface area contributed by atoms with Crippen molar-refractivity contribution in [1.29, 1.82) is 0 Å². The number of hydrogen-bond acceptors (Lipinski definition) is 3. The van der Waals surface area contributed by atoms with Gasteiger partial charge in [0.25, 0.3) is 5.91 Å². The van der Waals surface area contributed by atoms with Crippen molar-refractivity contribution in [1.82, 2.24) is 19.7 Å². The number of carbonyl (C=O) groups excluding carboxylic acids is 1. The summed E-state index contributed by atoms with van der Waals surface area (Å²) in [7, 11) is 0. The zero-order valence-electron chi connectivity index (χ0n) is 13.9. The molecule has 3 aromatic rings. The fraction of sp³-hybridized carbons (Fsp3) is 0.333. The second kappa shape index (κ2) is 6.20. The van der Waals surface area contributed by atoms with E-state index in [-0.39, 0.29) is 5.91 Å². The van der Waals surface area contributed by atoms with E-state index in [0.29, 0.717) is 29.5 Å². The van der Waals surface area contributed by atoms with Gasteiger partial charge < -0.3 is 15.0 Å². The summed E-state index contributed by atoms with van der Waals surface area (Å²) in [6, 6.07) is 9.24. The second-order valence-corrected chi connectivity index (χ2v) is 6.89. The van der Waals surface area contributed by atoms with E-state index in [1.807, 2.05) is 33.8 Å². The maximum Gasteiger partial charge on any atom is 0.270 e. The molecule has 1 atom stereocenters. The van der Waals surface area contributed by atoms with Crippen LogP contribution in [-0.4, -0.2) is 37.2 Å². The van der Waals surface area contributed by atoms with Crippen LogP contribution in [0.25, 0.3) is 10.9 Å². The molecule has 1 aliphatic heterocycles. The van der Waals surface area contributed by atoms with Crippen molar-refractivity contribution in [2.45, 2.75) is 32.5 Å². The smallest absolute Gasteiger partial charge is 0.270 e. The van der Waals surface area contributed by atoms with E-state index in [1.54, 1.807) is 13.0 Å². The Kier molecular flexibility index (Phi) is 4.01. The fourth-order valence-electron chi connectivity index (χ4n) is 3.25. The third-order valence-electron chi connectivity index (χ3n) is 4.56. The predicted octanol–water partition coefficient (Wildman–Crippen LogP) is 3.12. The molecule has 0 saturated carbocycles. The average Bonchev–Trinajstić information content (AvgIpc) is 3.12. The van der Waals surface area contributed by atoms with E-state index in [4.69, 9.17) is 11.6 Å². The molecule has 2 aromatic heterocycles. The number of carbonyl (C=O) groups is 1. The number of aryl methyl sites for hydroxylation is 1. The van der Waals surface area contributed by atoms with Crippen LogP contribution in [0.1, 0.15) is 41.3 Å². The molecule has 0 bridgehead atoms. The van der Waals surface area contributed by atoms with Crippen molar-refractivity contribution in [3.63, 3.8) is 0 Å². The van der Waals surface area contributed by atoms with Gasteiger partial charge in [-0.05, 0) is 43.7 Å². The van der Waals surface area contributed by atoms with Crippen molar-refractivity contribution < 1.29 is 9.90 Å². The number of hydrogen-bond donors (Lipinski definition) is 2. The van der Waals surface area contributed by atoms with Crippen LogP contribution in [0.4, 0.5) is 0 Å². The van der Waals surface area contributed by atoms with E-state index >= 15 is 0 Å². The molecule has 7 heteroatoms. The molecule has 1 amide bonds. The van der Waals surface area contributed by atoms with Gasteiger partial charge in [0.15, 0.2) is 0 Å². The third kappa shape index (κ3) is 3.03. The Balaban J connectivity index is 1.62. The summed E-state index contributed by atoms with van der Waals surface area (Å²) >= 11 is 6.02. The quantitative estimate of drug-likeness (QED) is 0.739. The van der Waals surface area contributed by atoms with Crippen molar-refractivity contribution in [3.8, 4) is 0 Å². The maximum atomic E-state index is 12.9. The number of aromatic amines is 1. The Morgan fingerprint density at radius 2 is 2.16 bits per heavy atom. The summed E-state index contributed by atoms with van der Waals surface area (Å²) in [5.74, 6) is -0.0411. The molecular formula is C18H19ClN4O2. The Hall–Kier alpha value is -2.31. The molecule has 1 aromatic carbocycles. The van der Waals surface area contributed by atoms with E-state index in [9.17, 15) is 9.90 Å². The molecule has 25 heavy (non-hydrogen) atoms. The summed E-state index contributed by atoms with van der Waals surface area (Å²) in [5.41, 5.74) is 3.04. The number of H-pyrrole nitrogens is 1. The average molecular weight is 359 g/mol. The highest BCUT2D eigenvalue weighted by molar-refractivity contribution is 6.31. The molecule has 0 radical (unpaired) electrons. The van der Waals surface area contributed by atoms with Gasteiger partial charge in [0.2, 0.25) is 0 Å². The van der Waals surface area contributed by atoms with E-state index in [0.717, 1.165) is 29.6 Å². The first-order chi connectivity index (χ1) is 12.0. The first-order valence-corrected chi connectivity index (χ1v) is 8.71. The van der Waals surface area contributed by atoms with Crippen LogP contribution >= 0.6 is 11.6 Å². The van der Waals surface area contributed by atoms with Gasteiger partial charge in [-0.3, -0.25) is 9.48 Å². The standard InChI is InChI=1S/C18H19ClN4O2/c1-11(24)16-9-14-10-22(5-2-6-23(14)21-16)18(25)17-8-12-7-13(19)3-4-15(12)20-17/h3-4,7-9,11,20,24H,2,5-6,10H2,1H3. The lowest BCUT2D eigenvalue weighted by atomic mass is 10.2. The van der Waals surface area contributed by atoms with Gasteiger partial charge in [0.1, 0.15) is 5.69 Å². The molecule has 0 aliphatic carbocycles. The van der Waals surface area contributed by atoms with Gasteiger partial charge in [-0.1, -0.05) is 11.6 Å². The number of nitrogens with zero attached hydrogens (tertiary/aromatic N) is 3. The van der Waals surface area contributed by atoms with Crippen LogP contribution in [0, 0.1) is 0 Å². The van der Waals surface area contributed by atoms with Crippen LogP contribution in [0.2, 0.25) is 5.02 Å². The Bertz CT molecular complexity index is 944. The van der Waals surface area contributed by atoms with Gasteiger partial charge in [-0.2, -0.15) is 5.10 Å². The summed E-state index contributed by atoms with van der Waals surface area (Å²) < 4.78 is 1.89. The lowest BCUT2D eigenvalue weighted by Crippen LogP contribution is -2.30. The van der Waals surface area contributed by atoms with Gasteiger partial charge in [-0.25, -0.2) is 0 Å². The topological polar surface area (TPSA) is 74.2 Å². The van der Waals surface area contributed by atoms with Gasteiger partial charge in [-0.15, -0.1) is 0 Å². The van der Waals surface area contributed by atoms with Crippen LogP contribution in [0.5, 0.6) is 0 Å². The highest BCUT2D eigenvalue weighted by Gasteiger charge is 2.23. The Labute approximate surface area is 150 Å². The van der Waals surface area contributed by atoms with Crippen molar-refractivity contribution >= 4 is 28.4 Å². The molecule has 3 heterocycles. The second-order valence-electron chi connectivity index (χ2n) is 6.45. The minimum Gasteiger partial charge on any atom is -0.387 e. The van der Waals surface area contributed by atoms with Crippen molar-refractivity contribution in [3.05, 3.63) is 52.4 Å². The SMILES string of the molecule is CC(O)c1cc2n(n1)CCCN(C(=O)c1cc3cc(Cl)ccc3[nH]1)C2. The van der Waals surface area contributed by atoms with Gasteiger partial charge in [0, 0.05) is 29.0 Å². The molecule has 1 unspecified atom stereocenters. The number of halogens is 1. The van der Waals surface area contributed by atoms with Crippen LogP contribution in [0.3, 0.4) is 0 Å². The first-order valence-electron chi connectivity index (χ1n) is 8.33. The van der Waals surface area contributed by atoms with Crippen molar-refractivity contribution in [2.24, 2.45) is 0 Å². The number of nitrogens with one attached hydrogen (secondary N) is 1. The van der Waals surface area contributed by atoms with E-state index in [1.165, 1.54) is 0 Å². The number of aliphatic hydroxyl groups is 1. The van der Waals surface area contributed by atoms with Crippen LogP contribution in [-0.2, 0) is 13.1 Å². The Morgan fingerprint density at radius 3 is 2.96 bits per heavy atom. The lowest BCUT2D eigenvalue weighted by Gasteiger charge is -2.19. The van der Waals surface area contributed by atoms with Gasteiger partial charge in [0.05, 0.1) is 24.0 Å². The highest BCUT2D eigenvalue weighted by atomic mass is 35.5. The molecule has 1 aliphatic rings. The molecule has 0 spiro atoms. The highest BCUT2D eigenvalue weighted by Crippen LogP contribution is 2.23. The third-order valence-corrected chi connectivity index (χ3v) is 4.80. The largest absolute Gasteiger partial charge is 0.387 e. The number of aliphatic hydroxyl groups excluding tert-OH is 1. The minimum absolute atomic E-state index is 0.0411. The normalized spacial score (nSPS) is 15.9. The van der Waals surface area contributed by atoms with E-state index in [2.05, 4.69) is 10.1 Å². The van der Waals surface area contributed by atoms with Gasteiger partial charge >= 0.3 is 0 Å². The molecule has 6 nitrogen and oxygen atoms in total. The summed E-state index contributed by atoms with van der Waals surface area (Å²) in [6.45, 7) is 3.59. The molecule has 4 rings (SSSR count).